The molecule has 0 heterocycles. The van der Waals surface area contributed by atoms with E-state index in [4.69, 9.17) is 34.8 Å². The summed E-state index contributed by atoms with van der Waals surface area (Å²) in [4.78, 5) is 0.954. The second-order valence-corrected chi connectivity index (χ2v) is 8.15. The Kier molecular flexibility index (Phi) is 6.54. The number of hydrogen-bond acceptors (Lipinski definition) is 2. The van der Waals surface area contributed by atoms with Gasteiger partial charge in [-0.15, -0.1) is 11.8 Å². The lowest BCUT2D eigenvalue weighted by Gasteiger charge is -2.16. The van der Waals surface area contributed by atoms with Crippen molar-refractivity contribution >= 4 is 57.3 Å². The molecule has 0 unspecified atom stereocenters. The van der Waals surface area contributed by atoms with Crippen LogP contribution in [0, 0.1) is 0 Å². The molecule has 5 heteroatoms. The van der Waals surface area contributed by atoms with Crippen LogP contribution < -0.4 is 5.32 Å². The molecule has 1 atom stereocenters. The zero-order valence-corrected chi connectivity index (χ0v) is 16.8. The molecule has 1 nitrogen and oxygen atoms in total. The maximum absolute atomic E-state index is 6.22. The Hall–Kier alpha value is -0.900. The number of nitrogens with one attached hydrogen (secondary N) is 1. The monoisotopic (exact) mass is 409 g/mol. The van der Waals surface area contributed by atoms with Crippen LogP contribution in [0.2, 0.25) is 15.1 Å². The van der Waals surface area contributed by atoms with Gasteiger partial charge in [0.2, 0.25) is 0 Å². The molecule has 3 rings (SSSR count). The van der Waals surface area contributed by atoms with Gasteiger partial charge in [-0.1, -0.05) is 77.3 Å². The summed E-state index contributed by atoms with van der Waals surface area (Å²) < 4.78 is 0. The predicted octanol–water partition coefficient (Wildman–Crippen LogP) is 7.24. The van der Waals surface area contributed by atoms with Gasteiger partial charge in [-0.3, -0.25) is 0 Å². The van der Waals surface area contributed by atoms with Gasteiger partial charge in [0.25, 0.3) is 0 Å². The number of hydrogen-bond donors (Lipinski definition) is 1. The van der Waals surface area contributed by atoms with Crippen molar-refractivity contribution in [3.05, 3.63) is 75.2 Å². The van der Waals surface area contributed by atoms with Crippen molar-refractivity contribution in [2.75, 3.05) is 12.3 Å². The van der Waals surface area contributed by atoms with Crippen LogP contribution in [0.4, 0.5) is 0 Å². The zero-order chi connectivity index (χ0) is 17.8. The molecule has 25 heavy (non-hydrogen) atoms. The highest BCUT2D eigenvalue weighted by atomic mass is 35.5. The lowest BCUT2D eigenvalue weighted by molar-refractivity contribution is 0.605. The SMILES string of the molecule is C[C@@H](NCCSc1cc(Cl)c(Cl)cc1Cl)c1cccc2ccccc12. The smallest absolute Gasteiger partial charge is 0.0607 e. The van der Waals surface area contributed by atoms with E-state index in [1.807, 2.05) is 6.07 Å². The van der Waals surface area contributed by atoms with Crippen LogP contribution >= 0.6 is 46.6 Å². The van der Waals surface area contributed by atoms with Gasteiger partial charge in [-0.25, -0.2) is 0 Å². The molecule has 0 bridgehead atoms. The molecule has 0 aliphatic heterocycles. The van der Waals surface area contributed by atoms with Crippen molar-refractivity contribution in [1.82, 2.24) is 5.32 Å². The Balaban J connectivity index is 1.59. The minimum atomic E-state index is 0.274. The zero-order valence-electron chi connectivity index (χ0n) is 13.7. The first-order chi connectivity index (χ1) is 12.1. The second kappa shape index (κ2) is 8.66. The van der Waals surface area contributed by atoms with Crippen molar-refractivity contribution in [3.8, 4) is 0 Å². The average Bonchev–Trinajstić information content (AvgIpc) is 2.62. The van der Waals surface area contributed by atoms with Crippen LogP contribution in [0.1, 0.15) is 18.5 Å². The maximum atomic E-state index is 6.22. The van der Waals surface area contributed by atoms with E-state index >= 15 is 0 Å². The Bertz CT molecular complexity index is 877. The fourth-order valence-electron chi connectivity index (χ4n) is 2.79. The predicted molar refractivity (Wildman–Crippen MR) is 113 cm³/mol. The fourth-order valence-corrected chi connectivity index (χ4v) is 4.40. The Morgan fingerprint density at radius 2 is 1.64 bits per heavy atom. The van der Waals surface area contributed by atoms with E-state index < -0.39 is 0 Å². The normalized spacial score (nSPS) is 12.5. The minimum Gasteiger partial charge on any atom is -0.309 e. The molecular formula is C20H18Cl3NS. The van der Waals surface area contributed by atoms with Crippen LogP contribution in [0.25, 0.3) is 10.8 Å². The van der Waals surface area contributed by atoms with Gasteiger partial charge in [0.05, 0.1) is 15.1 Å². The lowest BCUT2D eigenvalue weighted by atomic mass is 10.00. The fraction of sp³-hybridized carbons (Fsp3) is 0.200. The number of fused-ring (bicyclic) bond motifs is 1. The first-order valence-electron chi connectivity index (χ1n) is 8.04. The molecule has 0 saturated carbocycles. The third-order valence-corrected chi connectivity index (χ3v) is 6.28. The topological polar surface area (TPSA) is 12.0 Å². The summed E-state index contributed by atoms with van der Waals surface area (Å²) in [5, 5.41) is 7.81. The average molecular weight is 411 g/mol. The molecule has 0 aliphatic carbocycles. The standard InChI is InChI=1S/C20H18Cl3NS/c1-13(15-8-4-6-14-5-2-3-7-16(14)15)24-9-10-25-20-12-18(22)17(21)11-19(20)23/h2-8,11-13,24H,9-10H2,1H3/t13-/m1/s1. The van der Waals surface area contributed by atoms with Gasteiger partial charge in [0.15, 0.2) is 0 Å². The van der Waals surface area contributed by atoms with Gasteiger partial charge < -0.3 is 5.32 Å². The van der Waals surface area contributed by atoms with Crippen molar-refractivity contribution in [1.29, 1.82) is 0 Å². The molecule has 1 N–H and O–H groups in total. The summed E-state index contributed by atoms with van der Waals surface area (Å²) in [5.74, 6) is 0.896. The van der Waals surface area contributed by atoms with Crippen LogP contribution in [-0.4, -0.2) is 12.3 Å². The first kappa shape index (κ1) is 18.9. The van der Waals surface area contributed by atoms with Gasteiger partial charge in [-0.05, 0) is 35.4 Å². The Labute approximate surface area is 167 Å². The molecule has 0 aromatic heterocycles. The van der Waals surface area contributed by atoms with Crippen LogP contribution in [-0.2, 0) is 0 Å². The van der Waals surface area contributed by atoms with Crippen LogP contribution in [0.3, 0.4) is 0 Å². The number of benzene rings is 3. The first-order valence-corrected chi connectivity index (χ1v) is 10.2. The quantitative estimate of drug-likeness (QED) is 0.261. The van der Waals surface area contributed by atoms with E-state index in [0.717, 1.165) is 17.2 Å². The van der Waals surface area contributed by atoms with Gasteiger partial charge in [0.1, 0.15) is 0 Å². The summed E-state index contributed by atoms with van der Waals surface area (Å²) in [6.45, 7) is 3.06. The van der Waals surface area contributed by atoms with E-state index in [2.05, 4.69) is 54.7 Å². The highest BCUT2D eigenvalue weighted by Gasteiger charge is 2.09. The molecular weight excluding hydrogens is 393 g/mol. The molecule has 0 radical (unpaired) electrons. The molecule has 0 fully saturated rings. The van der Waals surface area contributed by atoms with E-state index in [-0.39, 0.29) is 6.04 Å². The highest BCUT2D eigenvalue weighted by Crippen LogP contribution is 2.34. The van der Waals surface area contributed by atoms with Crippen molar-refractivity contribution < 1.29 is 0 Å². The lowest BCUT2D eigenvalue weighted by Crippen LogP contribution is -2.21. The highest BCUT2D eigenvalue weighted by molar-refractivity contribution is 7.99. The molecule has 0 spiro atoms. The third kappa shape index (κ3) is 4.64. The maximum Gasteiger partial charge on any atom is 0.0607 e. The molecule has 130 valence electrons. The third-order valence-electron chi connectivity index (χ3n) is 4.07. The van der Waals surface area contributed by atoms with Crippen LogP contribution in [0.15, 0.2) is 59.5 Å². The molecule has 3 aromatic rings. The number of halogens is 3. The largest absolute Gasteiger partial charge is 0.309 e. The second-order valence-electron chi connectivity index (χ2n) is 5.79. The summed E-state index contributed by atoms with van der Waals surface area (Å²) >= 11 is 19.9. The van der Waals surface area contributed by atoms with E-state index in [9.17, 15) is 0 Å². The van der Waals surface area contributed by atoms with Gasteiger partial charge >= 0.3 is 0 Å². The summed E-state index contributed by atoms with van der Waals surface area (Å²) in [6, 6.07) is 18.7. The number of rotatable bonds is 6. The summed E-state index contributed by atoms with van der Waals surface area (Å²) in [5.41, 5.74) is 1.32. The summed E-state index contributed by atoms with van der Waals surface area (Å²) in [7, 11) is 0. The Morgan fingerprint density at radius 3 is 2.48 bits per heavy atom. The molecule has 3 aromatic carbocycles. The van der Waals surface area contributed by atoms with Crippen molar-refractivity contribution in [2.45, 2.75) is 17.9 Å². The van der Waals surface area contributed by atoms with E-state index in [1.165, 1.54) is 16.3 Å². The number of thioether (sulfide) groups is 1. The summed E-state index contributed by atoms with van der Waals surface area (Å²) in [6.07, 6.45) is 0. The van der Waals surface area contributed by atoms with E-state index in [0.29, 0.717) is 15.1 Å². The molecule has 0 aliphatic rings. The Morgan fingerprint density at radius 1 is 0.920 bits per heavy atom. The molecule has 0 amide bonds. The van der Waals surface area contributed by atoms with Crippen molar-refractivity contribution in [2.24, 2.45) is 0 Å². The molecule has 0 saturated heterocycles. The van der Waals surface area contributed by atoms with Gasteiger partial charge in [-0.2, -0.15) is 0 Å². The van der Waals surface area contributed by atoms with E-state index in [1.54, 1.807) is 17.8 Å². The van der Waals surface area contributed by atoms with Crippen LogP contribution in [0.5, 0.6) is 0 Å². The minimum absolute atomic E-state index is 0.274. The van der Waals surface area contributed by atoms with Gasteiger partial charge in [0, 0.05) is 23.2 Å². The van der Waals surface area contributed by atoms with Crippen molar-refractivity contribution in [3.63, 3.8) is 0 Å².